The first kappa shape index (κ1) is 15.5. The number of rotatable bonds is 4. The van der Waals surface area contributed by atoms with Gasteiger partial charge in [0, 0.05) is 12.1 Å². The first-order valence-electron chi connectivity index (χ1n) is 8.02. The summed E-state index contributed by atoms with van der Waals surface area (Å²) in [6.45, 7) is 6.62. The molecule has 4 nitrogen and oxygen atoms in total. The van der Waals surface area contributed by atoms with Crippen molar-refractivity contribution in [2.45, 2.75) is 38.5 Å². The molecule has 23 heavy (non-hydrogen) atoms. The van der Waals surface area contributed by atoms with Gasteiger partial charge in [0.25, 0.3) is 0 Å². The van der Waals surface area contributed by atoms with E-state index in [1.807, 2.05) is 18.3 Å². The van der Waals surface area contributed by atoms with E-state index in [0.717, 1.165) is 12.1 Å². The standard InChI is InChI=1S/C19H23N3O/c1-19(2,3)14-8-6-13(7-9-14)16-11-17(16)18(23)22-21-12-15-5-4-10-20-15/h4-10,12,16-17,20H,11H2,1-3H3,(H,22,23)/b21-12+/t16-,17-/m1/s1. The highest BCUT2D eigenvalue weighted by Gasteiger charge is 2.43. The molecule has 1 aliphatic carbocycles. The van der Waals surface area contributed by atoms with E-state index in [1.54, 1.807) is 6.21 Å². The Hall–Kier alpha value is -2.36. The van der Waals surface area contributed by atoms with Gasteiger partial charge in [-0.15, -0.1) is 0 Å². The summed E-state index contributed by atoms with van der Waals surface area (Å²) in [6, 6.07) is 12.4. The van der Waals surface area contributed by atoms with Crippen LogP contribution in [0.1, 0.15) is 49.9 Å². The Morgan fingerprint density at radius 1 is 1.26 bits per heavy atom. The topological polar surface area (TPSA) is 57.2 Å². The molecule has 0 saturated heterocycles. The summed E-state index contributed by atoms with van der Waals surface area (Å²) in [5.74, 6) is 0.360. The zero-order valence-corrected chi connectivity index (χ0v) is 13.8. The quantitative estimate of drug-likeness (QED) is 0.658. The Bertz CT molecular complexity index is 693. The van der Waals surface area contributed by atoms with Gasteiger partial charge in [0.2, 0.25) is 5.91 Å². The number of carbonyl (C=O) groups is 1. The van der Waals surface area contributed by atoms with Crippen molar-refractivity contribution in [3.05, 3.63) is 59.4 Å². The minimum atomic E-state index is -0.00213. The summed E-state index contributed by atoms with van der Waals surface area (Å²) in [5.41, 5.74) is 6.22. The first-order valence-corrected chi connectivity index (χ1v) is 8.02. The highest BCUT2D eigenvalue weighted by atomic mass is 16.2. The van der Waals surface area contributed by atoms with Crippen molar-refractivity contribution >= 4 is 12.1 Å². The lowest BCUT2D eigenvalue weighted by molar-refractivity contribution is -0.122. The van der Waals surface area contributed by atoms with Crippen LogP contribution in [-0.4, -0.2) is 17.1 Å². The molecule has 1 aromatic carbocycles. The van der Waals surface area contributed by atoms with Crippen LogP contribution in [0.25, 0.3) is 0 Å². The van der Waals surface area contributed by atoms with Crippen LogP contribution in [-0.2, 0) is 10.2 Å². The van der Waals surface area contributed by atoms with Crippen molar-refractivity contribution in [2.75, 3.05) is 0 Å². The average molecular weight is 309 g/mol. The molecular weight excluding hydrogens is 286 g/mol. The van der Waals surface area contributed by atoms with Gasteiger partial charge in [-0.05, 0) is 41.0 Å². The second-order valence-electron chi connectivity index (χ2n) is 7.18. The number of hydrogen-bond donors (Lipinski definition) is 2. The number of nitrogens with one attached hydrogen (secondary N) is 2. The van der Waals surface area contributed by atoms with Crippen LogP contribution in [0.15, 0.2) is 47.7 Å². The molecule has 2 atom stereocenters. The summed E-state index contributed by atoms with van der Waals surface area (Å²) in [5, 5.41) is 3.99. The van der Waals surface area contributed by atoms with Crippen molar-refractivity contribution in [3.8, 4) is 0 Å². The molecule has 1 heterocycles. The van der Waals surface area contributed by atoms with Gasteiger partial charge >= 0.3 is 0 Å². The van der Waals surface area contributed by atoms with Gasteiger partial charge in [-0.2, -0.15) is 5.10 Å². The molecular formula is C19H23N3O. The number of hydrazone groups is 1. The molecule has 2 N–H and O–H groups in total. The van der Waals surface area contributed by atoms with E-state index < -0.39 is 0 Å². The Kier molecular flexibility index (Phi) is 4.07. The highest BCUT2D eigenvalue weighted by molar-refractivity contribution is 5.84. The average Bonchev–Trinajstić information content (AvgIpc) is 3.15. The lowest BCUT2D eigenvalue weighted by Gasteiger charge is -2.19. The Labute approximate surface area is 137 Å². The fraction of sp³-hybridized carbons (Fsp3) is 0.368. The maximum atomic E-state index is 12.1. The molecule has 0 bridgehead atoms. The van der Waals surface area contributed by atoms with Gasteiger partial charge in [-0.1, -0.05) is 45.0 Å². The van der Waals surface area contributed by atoms with E-state index in [-0.39, 0.29) is 17.2 Å². The summed E-state index contributed by atoms with van der Waals surface area (Å²) in [7, 11) is 0. The summed E-state index contributed by atoms with van der Waals surface area (Å²) in [6.07, 6.45) is 4.34. The van der Waals surface area contributed by atoms with Crippen molar-refractivity contribution in [1.82, 2.24) is 10.4 Å². The van der Waals surface area contributed by atoms with Crippen LogP contribution in [0, 0.1) is 5.92 Å². The van der Waals surface area contributed by atoms with E-state index >= 15 is 0 Å². The lowest BCUT2D eigenvalue weighted by atomic mass is 9.86. The van der Waals surface area contributed by atoms with E-state index in [2.05, 4.69) is 60.5 Å². The third-order valence-electron chi connectivity index (χ3n) is 4.33. The Balaban J connectivity index is 1.55. The summed E-state index contributed by atoms with van der Waals surface area (Å²) in [4.78, 5) is 15.1. The number of hydrogen-bond acceptors (Lipinski definition) is 2. The molecule has 3 rings (SSSR count). The molecule has 1 aromatic heterocycles. The van der Waals surface area contributed by atoms with Gasteiger partial charge < -0.3 is 4.98 Å². The third-order valence-corrected chi connectivity index (χ3v) is 4.33. The molecule has 4 heteroatoms. The van der Waals surface area contributed by atoms with Crippen LogP contribution >= 0.6 is 0 Å². The number of H-pyrrole nitrogens is 1. The van der Waals surface area contributed by atoms with Crippen LogP contribution in [0.4, 0.5) is 0 Å². The Morgan fingerprint density at radius 3 is 2.61 bits per heavy atom. The fourth-order valence-corrected chi connectivity index (χ4v) is 2.76. The van der Waals surface area contributed by atoms with Crippen LogP contribution < -0.4 is 5.43 Å². The molecule has 1 fully saturated rings. The normalized spacial score (nSPS) is 20.7. The van der Waals surface area contributed by atoms with Crippen LogP contribution in [0.2, 0.25) is 0 Å². The second-order valence-corrected chi connectivity index (χ2v) is 7.18. The van der Waals surface area contributed by atoms with Crippen molar-refractivity contribution in [2.24, 2.45) is 11.0 Å². The third kappa shape index (κ3) is 3.70. The molecule has 2 aromatic rings. The maximum Gasteiger partial charge on any atom is 0.243 e. The summed E-state index contributed by atoms with van der Waals surface area (Å²) >= 11 is 0. The molecule has 1 saturated carbocycles. The van der Waals surface area contributed by atoms with Gasteiger partial charge in [0.15, 0.2) is 0 Å². The Morgan fingerprint density at radius 2 is 2.00 bits per heavy atom. The lowest BCUT2D eigenvalue weighted by Crippen LogP contribution is -2.20. The molecule has 0 radical (unpaired) electrons. The smallest absolute Gasteiger partial charge is 0.243 e. The largest absolute Gasteiger partial charge is 0.360 e. The molecule has 120 valence electrons. The zero-order chi connectivity index (χ0) is 16.4. The van der Waals surface area contributed by atoms with Crippen LogP contribution in [0.3, 0.4) is 0 Å². The number of nitrogens with zero attached hydrogens (tertiary/aromatic N) is 1. The zero-order valence-electron chi connectivity index (χ0n) is 13.8. The van der Waals surface area contributed by atoms with Crippen molar-refractivity contribution in [3.63, 3.8) is 0 Å². The predicted molar refractivity (Wildman–Crippen MR) is 92.5 cm³/mol. The number of benzene rings is 1. The number of carbonyl (C=O) groups excluding carboxylic acids is 1. The molecule has 1 aliphatic rings. The van der Waals surface area contributed by atoms with Crippen molar-refractivity contribution in [1.29, 1.82) is 0 Å². The molecule has 0 unspecified atom stereocenters. The highest BCUT2D eigenvalue weighted by Crippen LogP contribution is 2.47. The van der Waals surface area contributed by atoms with E-state index in [1.165, 1.54) is 11.1 Å². The van der Waals surface area contributed by atoms with Crippen molar-refractivity contribution < 1.29 is 4.79 Å². The monoisotopic (exact) mass is 309 g/mol. The van der Waals surface area contributed by atoms with E-state index in [0.29, 0.717) is 5.92 Å². The first-order chi connectivity index (χ1) is 10.9. The van der Waals surface area contributed by atoms with Gasteiger partial charge in [0.1, 0.15) is 0 Å². The molecule has 1 amide bonds. The number of aromatic nitrogens is 1. The number of aromatic amines is 1. The van der Waals surface area contributed by atoms with Gasteiger partial charge in [-0.25, -0.2) is 5.43 Å². The predicted octanol–water partition coefficient (Wildman–Crippen LogP) is 3.57. The van der Waals surface area contributed by atoms with Crippen LogP contribution in [0.5, 0.6) is 0 Å². The number of amides is 1. The van der Waals surface area contributed by atoms with E-state index in [4.69, 9.17) is 0 Å². The maximum absolute atomic E-state index is 12.1. The van der Waals surface area contributed by atoms with E-state index in [9.17, 15) is 4.79 Å². The fourth-order valence-electron chi connectivity index (χ4n) is 2.76. The van der Waals surface area contributed by atoms with Gasteiger partial charge in [-0.3, -0.25) is 4.79 Å². The molecule has 0 aliphatic heterocycles. The second kappa shape index (κ2) is 6.03. The minimum absolute atomic E-state index is 0.00213. The SMILES string of the molecule is CC(C)(C)c1ccc([C@H]2C[C@H]2C(=O)N/N=C/c2ccc[nH]2)cc1. The van der Waals surface area contributed by atoms with Gasteiger partial charge in [0.05, 0.1) is 11.9 Å². The summed E-state index contributed by atoms with van der Waals surface area (Å²) < 4.78 is 0. The minimum Gasteiger partial charge on any atom is -0.360 e. The molecule has 0 spiro atoms.